The number of likely N-dealkylation sites (N-methyl/N-ethyl adjacent to an activating group) is 1. The fourth-order valence-electron chi connectivity index (χ4n) is 2.35. The van der Waals surface area contributed by atoms with Gasteiger partial charge in [0.05, 0.1) is 6.61 Å². The number of nitrogens with one attached hydrogen (secondary N) is 1. The van der Waals surface area contributed by atoms with Crippen LogP contribution in [-0.4, -0.2) is 18.6 Å². The van der Waals surface area contributed by atoms with Crippen LogP contribution in [0, 0.1) is 6.92 Å². The summed E-state index contributed by atoms with van der Waals surface area (Å²) in [5.41, 5.74) is 3.60. The molecule has 0 saturated carbocycles. The first-order valence-corrected chi connectivity index (χ1v) is 7.55. The maximum atomic E-state index is 5.72. The lowest BCUT2D eigenvalue weighted by Crippen LogP contribution is -2.20. The van der Waals surface area contributed by atoms with Gasteiger partial charge < -0.3 is 10.1 Å². The van der Waals surface area contributed by atoms with Crippen molar-refractivity contribution in [3.63, 3.8) is 0 Å². The number of nitrogens with zero attached hydrogens (tertiary/aromatic N) is 1. The molecular formula is C18H24N2O. The van der Waals surface area contributed by atoms with E-state index in [1.807, 2.05) is 25.4 Å². The molecule has 1 N–H and O–H groups in total. The molecule has 1 unspecified atom stereocenters. The van der Waals surface area contributed by atoms with E-state index in [2.05, 4.69) is 48.4 Å². The highest BCUT2D eigenvalue weighted by Gasteiger charge is 2.13. The fraction of sp³-hybridized carbons (Fsp3) is 0.389. The van der Waals surface area contributed by atoms with Crippen molar-refractivity contribution in [1.82, 2.24) is 10.3 Å². The van der Waals surface area contributed by atoms with Gasteiger partial charge >= 0.3 is 0 Å². The standard InChI is InChI=1S/C18H24N2O/c1-4-11-21-16-9-5-8-15(12-16)18(19-3)13-17-14(2)7-6-10-20-17/h5-10,12,18-19H,4,11,13H2,1-3H3. The molecule has 0 aliphatic carbocycles. The number of benzene rings is 1. The van der Waals surface area contributed by atoms with Gasteiger partial charge in [0.2, 0.25) is 0 Å². The minimum atomic E-state index is 0.240. The summed E-state index contributed by atoms with van der Waals surface area (Å²) >= 11 is 0. The predicted octanol–water partition coefficient (Wildman–Crippen LogP) is 3.68. The van der Waals surface area contributed by atoms with Crippen LogP contribution >= 0.6 is 0 Å². The first kappa shape index (κ1) is 15.5. The molecule has 1 aromatic carbocycles. The molecule has 0 aliphatic rings. The molecule has 0 saturated heterocycles. The minimum Gasteiger partial charge on any atom is -0.494 e. The van der Waals surface area contributed by atoms with Crippen LogP contribution in [0.1, 0.15) is 36.2 Å². The van der Waals surface area contributed by atoms with Crippen LogP contribution in [0.2, 0.25) is 0 Å². The van der Waals surface area contributed by atoms with E-state index in [0.717, 1.165) is 30.9 Å². The molecule has 3 heteroatoms. The first-order valence-electron chi connectivity index (χ1n) is 7.55. The lowest BCUT2D eigenvalue weighted by Gasteiger charge is -2.18. The number of hydrogen-bond acceptors (Lipinski definition) is 3. The summed E-state index contributed by atoms with van der Waals surface area (Å²) < 4.78 is 5.72. The maximum Gasteiger partial charge on any atom is 0.119 e. The van der Waals surface area contributed by atoms with Gasteiger partial charge in [0.1, 0.15) is 5.75 Å². The molecule has 0 spiro atoms. The monoisotopic (exact) mass is 284 g/mol. The summed E-state index contributed by atoms with van der Waals surface area (Å²) in [4.78, 5) is 4.49. The van der Waals surface area contributed by atoms with Gasteiger partial charge in [0, 0.05) is 24.4 Å². The van der Waals surface area contributed by atoms with E-state index in [-0.39, 0.29) is 6.04 Å². The van der Waals surface area contributed by atoms with Crippen LogP contribution < -0.4 is 10.1 Å². The highest BCUT2D eigenvalue weighted by atomic mass is 16.5. The van der Waals surface area contributed by atoms with Gasteiger partial charge in [-0.3, -0.25) is 4.98 Å². The Morgan fingerprint density at radius 2 is 2.10 bits per heavy atom. The average molecular weight is 284 g/mol. The van der Waals surface area contributed by atoms with Crippen LogP contribution in [0.3, 0.4) is 0 Å². The highest BCUT2D eigenvalue weighted by molar-refractivity contribution is 5.32. The summed E-state index contributed by atoms with van der Waals surface area (Å²) in [6.07, 6.45) is 3.75. The lowest BCUT2D eigenvalue weighted by atomic mass is 9.99. The Balaban J connectivity index is 2.15. The van der Waals surface area contributed by atoms with Crippen molar-refractivity contribution < 1.29 is 4.74 Å². The van der Waals surface area contributed by atoms with Crippen molar-refractivity contribution in [3.8, 4) is 5.75 Å². The van der Waals surface area contributed by atoms with Crippen molar-refractivity contribution >= 4 is 0 Å². The number of rotatable bonds is 7. The first-order chi connectivity index (χ1) is 10.2. The zero-order valence-electron chi connectivity index (χ0n) is 13.1. The van der Waals surface area contributed by atoms with Crippen molar-refractivity contribution in [3.05, 3.63) is 59.4 Å². The SMILES string of the molecule is CCCOc1cccc(C(Cc2ncccc2C)NC)c1. The number of pyridine rings is 1. The molecule has 21 heavy (non-hydrogen) atoms. The molecule has 3 nitrogen and oxygen atoms in total. The molecular weight excluding hydrogens is 260 g/mol. The van der Waals surface area contributed by atoms with Gasteiger partial charge in [-0.05, 0) is 49.7 Å². The Morgan fingerprint density at radius 1 is 1.24 bits per heavy atom. The van der Waals surface area contributed by atoms with Gasteiger partial charge in [0.25, 0.3) is 0 Å². The largest absolute Gasteiger partial charge is 0.494 e. The van der Waals surface area contributed by atoms with Crippen LogP contribution in [-0.2, 0) is 6.42 Å². The van der Waals surface area contributed by atoms with Crippen LogP contribution in [0.5, 0.6) is 5.75 Å². The maximum absolute atomic E-state index is 5.72. The van der Waals surface area contributed by atoms with E-state index >= 15 is 0 Å². The van der Waals surface area contributed by atoms with E-state index < -0.39 is 0 Å². The van der Waals surface area contributed by atoms with E-state index in [1.165, 1.54) is 11.1 Å². The topological polar surface area (TPSA) is 34.1 Å². The van der Waals surface area contributed by atoms with Crippen molar-refractivity contribution in [1.29, 1.82) is 0 Å². The van der Waals surface area contributed by atoms with Crippen LogP contribution in [0.4, 0.5) is 0 Å². The van der Waals surface area contributed by atoms with Gasteiger partial charge in [-0.15, -0.1) is 0 Å². The number of hydrogen-bond donors (Lipinski definition) is 1. The molecule has 1 atom stereocenters. The molecule has 2 aromatic rings. The second-order valence-corrected chi connectivity index (χ2v) is 5.23. The lowest BCUT2D eigenvalue weighted by molar-refractivity contribution is 0.316. The average Bonchev–Trinajstić information content (AvgIpc) is 2.52. The van der Waals surface area contributed by atoms with Crippen LogP contribution in [0.15, 0.2) is 42.6 Å². The third kappa shape index (κ3) is 4.30. The van der Waals surface area contributed by atoms with E-state index in [4.69, 9.17) is 4.74 Å². The highest BCUT2D eigenvalue weighted by Crippen LogP contribution is 2.23. The number of aromatic nitrogens is 1. The number of aryl methyl sites for hydroxylation is 1. The second-order valence-electron chi connectivity index (χ2n) is 5.23. The summed E-state index contributed by atoms with van der Waals surface area (Å²) in [7, 11) is 1.99. The molecule has 2 rings (SSSR count). The number of ether oxygens (including phenoxy) is 1. The predicted molar refractivity (Wildman–Crippen MR) is 86.7 cm³/mol. The summed E-state index contributed by atoms with van der Waals surface area (Å²) in [5, 5.41) is 3.38. The fourth-order valence-corrected chi connectivity index (χ4v) is 2.35. The summed E-state index contributed by atoms with van der Waals surface area (Å²) in [6.45, 7) is 4.98. The van der Waals surface area contributed by atoms with E-state index in [0.29, 0.717) is 0 Å². The summed E-state index contributed by atoms with van der Waals surface area (Å²) in [6, 6.07) is 12.6. The quantitative estimate of drug-likeness (QED) is 0.842. The molecule has 0 bridgehead atoms. The third-order valence-electron chi connectivity index (χ3n) is 3.60. The molecule has 0 aliphatic heterocycles. The van der Waals surface area contributed by atoms with Gasteiger partial charge in [-0.2, -0.15) is 0 Å². The van der Waals surface area contributed by atoms with E-state index in [1.54, 1.807) is 0 Å². The van der Waals surface area contributed by atoms with Gasteiger partial charge in [-0.1, -0.05) is 25.1 Å². The molecule has 112 valence electrons. The Hall–Kier alpha value is -1.87. The van der Waals surface area contributed by atoms with Crippen molar-refractivity contribution in [2.24, 2.45) is 0 Å². The normalized spacial score (nSPS) is 12.1. The Kier molecular flexibility index (Phi) is 5.76. The van der Waals surface area contributed by atoms with Crippen molar-refractivity contribution in [2.45, 2.75) is 32.7 Å². The zero-order valence-corrected chi connectivity index (χ0v) is 13.1. The van der Waals surface area contributed by atoms with Crippen LogP contribution in [0.25, 0.3) is 0 Å². The Labute approximate surface area is 127 Å². The third-order valence-corrected chi connectivity index (χ3v) is 3.60. The molecule has 0 radical (unpaired) electrons. The molecule has 0 amide bonds. The van der Waals surface area contributed by atoms with Gasteiger partial charge in [0.15, 0.2) is 0 Å². The Morgan fingerprint density at radius 3 is 2.81 bits per heavy atom. The minimum absolute atomic E-state index is 0.240. The van der Waals surface area contributed by atoms with E-state index in [9.17, 15) is 0 Å². The smallest absolute Gasteiger partial charge is 0.119 e. The molecule has 1 heterocycles. The molecule has 0 fully saturated rings. The summed E-state index contributed by atoms with van der Waals surface area (Å²) in [5.74, 6) is 0.937. The van der Waals surface area contributed by atoms with Gasteiger partial charge in [-0.25, -0.2) is 0 Å². The Bertz CT molecular complexity index is 569. The van der Waals surface area contributed by atoms with Crippen molar-refractivity contribution in [2.75, 3.05) is 13.7 Å². The zero-order chi connectivity index (χ0) is 15.1. The molecule has 1 aromatic heterocycles. The second kappa shape index (κ2) is 7.79.